The Balaban J connectivity index is 2.88. The second-order valence-electron chi connectivity index (χ2n) is 2.19. The smallest absolute Gasteiger partial charge is 0.117 e. The second-order valence-corrected chi connectivity index (χ2v) is 4.32. The van der Waals surface area contributed by atoms with Crippen LogP contribution in [0.5, 0.6) is 0 Å². The van der Waals surface area contributed by atoms with Gasteiger partial charge in [-0.15, -0.1) is 0 Å². The van der Waals surface area contributed by atoms with E-state index in [-0.39, 0.29) is 0 Å². The summed E-state index contributed by atoms with van der Waals surface area (Å²) in [5, 5.41) is 1.07. The van der Waals surface area contributed by atoms with Crippen molar-refractivity contribution in [2.75, 3.05) is 0 Å². The molecule has 0 N–H and O–H groups in total. The number of rotatable bonds is 0. The molecule has 5 heteroatoms. The molecule has 2 aromatic rings. The van der Waals surface area contributed by atoms with Crippen LogP contribution in [0, 0.1) is 7.40 Å². The summed E-state index contributed by atoms with van der Waals surface area (Å²) in [5.41, 5.74) is 0.898. The van der Waals surface area contributed by atoms with Gasteiger partial charge in [0.15, 0.2) is 0 Å². The zero-order chi connectivity index (χ0) is 8.55. The standard InChI is InChI=1S/C7H3I2N3/c8-6-1-4-5(2-10-6)11-3-12-7(4)9/h1-3H. The van der Waals surface area contributed by atoms with E-state index in [0.717, 1.165) is 18.3 Å². The first kappa shape index (κ1) is 8.54. The van der Waals surface area contributed by atoms with Gasteiger partial charge in [-0.05, 0) is 51.2 Å². The summed E-state index contributed by atoms with van der Waals surface area (Å²) < 4.78 is 1.94. The van der Waals surface area contributed by atoms with Crippen molar-refractivity contribution in [3.63, 3.8) is 0 Å². The van der Waals surface area contributed by atoms with Crippen LogP contribution >= 0.6 is 45.2 Å². The van der Waals surface area contributed by atoms with E-state index in [0.29, 0.717) is 0 Å². The number of hydrogen-bond donors (Lipinski definition) is 0. The largest absolute Gasteiger partial charge is 0.248 e. The van der Waals surface area contributed by atoms with Crippen molar-refractivity contribution in [2.24, 2.45) is 0 Å². The summed E-state index contributed by atoms with van der Waals surface area (Å²) in [6.45, 7) is 0. The SMILES string of the molecule is Ic1cc2c(I)ncnc2cn1. The fourth-order valence-corrected chi connectivity index (χ4v) is 1.91. The summed E-state index contributed by atoms with van der Waals surface area (Å²) in [4.78, 5) is 12.3. The molecule has 0 aromatic carbocycles. The Labute approximate surface area is 96.3 Å². The normalized spacial score (nSPS) is 10.5. The molecule has 12 heavy (non-hydrogen) atoms. The number of hydrogen-bond acceptors (Lipinski definition) is 3. The number of aromatic nitrogens is 3. The number of pyridine rings is 1. The molecule has 2 aromatic heterocycles. The van der Waals surface area contributed by atoms with Gasteiger partial charge in [0.2, 0.25) is 0 Å². The van der Waals surface area contributed by atoms with Crippen molar-refractivity contribution in [1.82, 2.24) is 15.0 Å². The molecule has 0 amide bonds. The molecule has 2 rings (SSSR count). The average molecular weight is 383 g/mol. The predicted molar refractivity (Wildman–Crippen MR) is 62.8 cm³/mol. The monoisotopic (exact) mass is 383 g/mol. The third kappa shape index (κ3) is 1.51. The molecule has 0 fully saturated rings. The van der Waals surface area contributed by atoms with Crippen LogP contribution in [0.15, 0.2) is 18.6 Å². The van der Waals surface area contributed by atoms with Gasteiger partial charge in [-0.3, -0.25) is 0 Å². The maximum Gasteiger partial charge on any atom is 0.117 e. The van der Waals surface area contributed by atoms with E-state index in [1.54, 1.807) is 12.5 Å². The summed E-state index contributed by atoms with van der Waals surface area (Å²) in [7, 11) is 0. The Morgan fingerprint density at radius 1 is 1.08 bits per heavy atom. The lowest BCUT2D eigenvalue weighted by Gasteiger charge is -1.97. The highest BCUT2D eigenvalue weighted by Crippen LogP contribution is 2.16. The fraction of sp³-hybridized carbons (Fsp3) is 0. The van der Waals surface area contributed by atoms with Crippen LogP contribution < -0.4 is 0 Å². The van der Waals surface area contributed by atoms with E-state index in [1.807, 2.05) is 6.07 Å². The molecule has 0 saturated carbocycles. The van der Waals surface area contributed by atoms with Gasteiger partial charge in [-0.1, -0.05) is 0 Å². The maximum absolute atomic E-state index is 4.14. The van der Waals surface area contributed by atoms with Gasteiger partial charge in [-0.2, -0.15) is 0 Å². The summed E-state index contributed by atoms with van der Waals surface area (Å²) in [6.07, 6.45) is 3.32. The molecule has 60 valence electrons. The first-order valence-electron chi connectivity index (χ1n) is 3.19. The van der Waals surface area contributed by atoms with E-state index in [2.05, 4.69) is 60.1 Å². The molecular weight excluding hydrogens is 380 g/mol. The maximum atomic E-state index is 4.14. The van der Waals surface area contributed by atoms with Crippen molar-refractivity contribution in [1.29, 1.82) is 0 Å². The Bertz CT molecular complexity index is 430. The summed E-state index contributed by atoms with van der Waals surface area (Å²) >= 11 is 4.37. The topological polar surface area (TPSA) is 38.7 Å². The van der Waals surface area contributed by atoms with Gasteiger partial charge in [0.25, 0.3) is 0 Å². The average Bonchev–Trinajstić information content (AvgIpc) is 2.07. The van der Waals surface area contributed by atoms with Crippen LogP contribution in [0.3, 0.4) is 0 Å². The highest BCUT2D eigenvalue weighted by atomic mass is 127. The minimum absolute atomic E-state index is 0.898. The Morgan fingerprint density at radius 3 is 2.75 bits per heavy atom. The van der Waals surface area contributed by atoms with Gasteiger partial charge in [0.05, 0.1) is 11.7 Å². The molecular formula is C7H3I2N3. The lowest BCUT2D eigenvalue weighted by Crippen LogP contribution is -1.89. The van der Waals surface area contributed by atoms with Crippen molar-refractivity contribution in [2.45, 2.75) is 0 Å². The molecule has 2 heterocycles. The van der Waals surface area contributed by atoms with Gasteiger partial charge in [0, 0.05) is 5.39 Å². The molecule has 0 radical (unpaired) electrons. The minimum Gasteiger partial charge on any atom is -0.248 e. The van der Waals surface area contributed by atoms with E-state index >= 15 is 0 Å². The fourth-order valence-electron chi connectivity index (χ4n) is 0.902. The number of nitrogens with zero attached hydrogens (tertiary/aromatic N) is 3. The molecule has 0 aliphatic carbocycles. The quantitative estimate of drug-likeness (QED) is 0.398. The number of fused-ring (bicyclic) bond motifs is 1. The molecule has 0 aliphatic rings. The van der Waals surface area contributed by atoms with E-state index in [9.17, 15) is 0 Å². The molecule has 0 bridgehead atoms. The molecule has 0 spiro atoms. The van der Waals surface area contributed by atoms with Crippen LogP contribution in [0.4, 0.5) is 0 Å². The van der Waals surface area contributed by atoms with E-state index < -0.39 is 0 Å². The van der Waals surface area contributed by atoms with Gasteiger partial charge in [-0.25, -0.2) is 15.0 Å². The van der Waals surface area contributed by atoms with Crippen molar-refractivity contribution in [3.05, 3.63) is 26.0 Å². The highest BCUT2D eigenvalue weighted by molar-refractivity contribution is 14.1. The van der Waals surface area contributed by atoms with E-state index in [4.69, 9.17) is 0 Å². The zero-order valence-corrected chi connectivity index (χ0v) is 10.1. The summed E-state index contributed by atoms with van der Waals surface area (Å²) in [6, 6.07) is 1.98. The van der Waals surface area contributed by atoms with Crippen LogP contribution in [0.25, 0.3) is 10.9 Å². The first-order chi connectivity index (χ1) is 5.77. The molecule has 0 unspecified atom stereocenters. The predicted octanol–water partition coefficient (Wildman–Crippen LogP) is 2.23. The third-order valence-electron chi connectivity index (χ3n) is 1.44. The summed E-state index contributed by atoms with van der Waals surface area (Å²) in [5.74, 6) is 0. The van der Waals surface area contributed by atoms with Crippen molar-refractivity contribution >= 4 is 56.1 Å². The molecule has 0 aliphatic heterocycles. The first-order valence-corrected chi connectivity index (χ1v) is 5.35. The van der Waals surface area contributed by atoms with Gasteiger partial charge in [0.1, 0.15) is 13.7 Å². The van der Waals surface area contributed by atoms with Crippen LogP contribution in [0.1, 0.15) is 0 Å². The lowest BCUT2D eigenvalue weighted by atomic mass is 10.3. The lowest BCUT2D eigenvalue weighted by molar-refractivity contribution is 1.17. The molecule has 0 atom stereocenters. The molecule has 0 saturated heterocycles. The van der Waals surface area contributed by atoms with Gasteiger partial charge < -0.3 is 0 Å². The van der Waals surface area contributed by atoms with Crippen molar-refractivity contribution in [3.8, 4) is 0 Å². The highest BCUT2D eigenvalue weighted by Gasteiger charge is 2.00. The van der Waals surface area contributed by atoms with Crippen LogP contribution in [0.2, 0.25) is 0 Å². The Morgan fingerprint density at radius 2 is 1.92 bits per heavy atom. The van der Waals surface area contributed by atoms with Gasteiger partial charge >= 0.3 is 0 Å². The minimum atomic E-state index is 0.898. The van der Waals surface area contributed by atoms with E-state index in [1.165, 1.54) is 0 Å². The zero-order valence-electron chi connectivity index (χ0n) is 5.83. The Hall–Kier alpha value is -0.0500. The van der Waals surface area contributed by atoms with Crippen LogP contribution in [-0.4, -0.2) is 15.0 Å². The Kier molecular flexibility index (Phi) is 2.40. The third-order valence-corrected chi connectivity index (χ3v) is 2.89. The number of halogens is 2. The van der Waals surface area contributed by atoms with Crippen molar-refractivity contribution < 1.29 is 0 Å². The van der Waals surface area contributed by atoms with Crippen LogP contribution in [-0.2, 0) is 0 Å². The second kappa shape index (κ2) is 3.36. The molecule has 3 nitrogen and oxygen atoms in total.